The molecule has 0 amide bonds. The van der Waals surface area contributed by atoms with Crippen LogP contribution in [0.2, 0.25) is 0 Å². The fraction of sp³-hybridized carbons (Fsp3) is 0.417. The van der Waals surface area contributed by atoms with E-state index in [9.17, 15) is 35.4 Å². The molecule has 1 aliphatic rings. The molecule has 0 unspecified atom stereocenters. The molecule has 0 radical (unpaired) electrons. The van der Waals surface area contributed by atoms with Crippen molar-refractivity contribution in [1.82, 2.24) is 14.9 Å². The van der Waals surface area contributed by atoms with Gasteiger partial charge in [0.05, 0.1) is 17.5 Å². The number of benzene rings is 2. The lowest BCUT2D eigenvalue weighted by Crippen LogP contribution is -2.58. The Bertz CT molecular complexity index is 1980. The van der Waals surface area contributed by atoms with Crippen LogP contribution in [0.5, 0.6) is 11.5 Å². The number of aliphatic hydroxyl groups is 5. The molecule has 0 bridgehead atoms. The third-order valence-corrected chi connectivity index (χ3v) is 9.45. The standard InChI is InChI=1S/C36H43N3O11/c1-20-12-27(42)25-13-23-14-29(50-47-19-36(46,34(45)31(44)28(43)18-40)15-21-4-6-24(41)7-5-21)35(2,9-11-37-3)49-32(23)30(33(25)48-20)39-16-22-8-10-38-26(22)17-39/h4-8,10,12-13,16-17,28-29,31,34,37-38,40-41,43-46H,9,11,14-15,18-19H2,1-3H3/t28-,29-,31-,34+,35+,36+/m1/s1. The number of nitrogens with one attached hydrogen (secondary N) is 2. The summed E-state index contributed by atoms with van der Waals surface area (Å²) in [5.74, 6) is 0.941. The van der Waals surface area contributed by atoms with Gasteiger partial charge in [-0.15, -0.1) is 0 Å². The van der Waals surface area contributed by atoms with Gasteiger partial charge in [0.1, 0.15) is 59.4 Å². The SMILES string of the molecule is CNCC[C@]1(C)Oc2c(cc3c(=O)cc(C)oc3c2-n2cc3cc[nH]c3c2)C[C@H]1OOC[C@@](O)(Cc1ccc(O)cc1)[C@@H](O)[C@H](O)[C@H](O)CO. The van der Waals surface area contributed by atoms with Gasteiger partial charge in [0.25, 0.3) is 0 Å². The minimum Gasteiger partial charge on any atom is -0.508 e. The number of aryl methyl sites for hydroxylation is 1. The van der Waals surface area contributed by atoms with Gasteiger partial charge in [0.15, 0.2) is 16.8 Å². The van der Waals surface area contributed by atoms with Crippen LogP contribution in [0.4, 0.5) is 0 Å². The van der Waals surface area contributed by atoms with Crippen molar-refractivity contribution in [2.75, 3.05) is 26.8 Å². The zero-order valence-corrected chi connectivity index (χ0v) is 28.0. The molecule has 0 saturated heterocycles. The summed E-state index contributed by atoms with van der Waals surface area (Å²) in [6.07, 6.45) is -0.409. The lowest BCUT2D eigenvalue weighted by atomic mass is 9.85. The first-order chi connectivity index (χ1) is 23.9. The lowest BCUT2D eigenvalue weighted by molar-refractivity contribution is -0.371. The van der Waals surface area contributed by atoms with Crippen LogP contribution in [0.25, 0.3) is 27.6 Å². The van der Waals surface area contributed by atoms with Crippen molar-refractivity contribution in [2.45, 2.75) is 68.7 Å². The fourth-order valence-corrected chi connectivity index (χ4v) is 6.50. The van der Waals surface area contributed by atoms with E-state index in [1.807, 2.05) is 43.2 Å². The highest BCUT2D eigenvalue weighted by molar-refractivity contribution is 5.91. The maximum atomic E-state index is 13.3. The Morgan fingerprint density at radius 1 is 1.16 bits per heavy atom. The Balaban J connectivity index is 1.35. The molecule has 5 aromatic rings. The van der Waals surface area contributed by atoms with Crippen molar-refractivity contribution in [3.63, 3.8) is 0 Å². The van der Waals surface area contributed by atoms with E-state index >= 15 is 0 Å². The lowest BCUT2D eigenvalue weighted by Gasteiger charge is -2.43. The quantitative estimate of drug-likeness (QED) is 0.0618. The highest BCUT2D eigenvalue weighted by Gasteiger charge is 2.47. The number of ether oxygens (including phenoxy) is 1. The number of phenols is 1. The molecule has 0 saturated carbocycles. The van der Waals surface area contributed by atoms with Gasteiger partial charge < -0.3 is 54.7 Å². The van der Waals surface area contributed by atoms with Gasteiger partial charge in [-0.3, -0.25) is 4.79 Å². The molecule has 0 aliphatic carbocycles. The number of aliphatic hydroxyl groups excluding tert-OH is 4. The third kappa shape index (κ3) is 6.89. The van der Waals surface area contributed by atoms with Gasteiger partial charge in [0.2, 0.25) is 0 Å². The minimum absolute atomic E-state index is 0.00943. The van der Waals surface area contributed by atoms with Crippen LogP contribution < -0.4 is 15.5 Å². The molecule has 6 rings (SSSR count). The summed E-state index contributed by atoms with van der Waals surface area (Å²) in [5, 5.41) is 66.8. The molecule has 268 valence electrons. The summed E-state index contributed by atoms with van der Waals surface area (Å²) in [7, 11) is 1.81. The second kappa shape index (κ2) is 14.2. The summed E-state index contributed by atoms with van der Waals surface area (Å²) in [5.41, 5.74) is -0.543. The van der Waals surface area contributed by atoms with Crippen LogP contribution in [-0.2, 0) is 22.6 Å². The molecule has 0 fully saturated rings. The van der Waals surface area contributed by atoms with E-state index in [4.69, 9.17) is 18.9 Å². The van der Waals surface area contributed by atoms with E-state index in [0.29, 0.717) is 52.3 Å². The van der Waals surface area contributed by atoms with E-state index in [0.717, 1.165) is 10.9 Å². The van der Waals surface area contributed by atoms with Crippen LogP contribution in [0.3, 0.4) is 0 Å². The molecule has 3 aromatic heterocycles. The van der Waals surface area contributed by atoms with E-state index in [-0.39, 0.29) is 24.0 Å². The molecular formula is C36H43N3O11. The highest BCUT2D eigenvalue weighted by atomic mass is 17.2. The van der Waals surface area contributed by atoms with Crippen LogP contribution in [-0.4, -0.2) is 103 Å². The predicted molar refractivity (Wildman–Crippen MR) is 182 cm³/mol. The average molecular weight is 694 g/mol. The number of hydrogen-bond donors (Lipinski definition) is 8. The average Bonchev–Trinajstić information content (AvgIpc) is 3.70. The molecule has 50 heavy (non-hydrogen) atoms. The number of aromatic amines is 1. The number of nitrogens with zero attached hydrogens (tertiary/aromatic N) is 1. The minimum atomic E-state index is -2.22. The maximum absolute atomic E-state index is 13.3. The van der Waals surface area contributed by atoms with Crippen molar-refractivity contribution in [1.29, 1.82) is 0 Å². The smallest absolute Gasteiger partial charge is 0.193 e. The van der Waals surface area contributed by atoms with Crippen molar-refractivity contribution in [2.24, 2.45) is 0 Å². The molecule has 8 N–H and O–H groups in total. The largest absolute Gasteiger partial charge is 0.508 e. The third-order valence-electron chi connectivity index (χ3n) is 9.45. The summed E-state index contributed by atoms with van der Waals surface area (Å²) in [6.45, 7) is 2.58. The topological polar surface area (TPSA) is 212 Å². The van der Waals surface area contributed by atoms with Crippen LogP contribution in [0.1, 0.15) is 30.2 Å². The molecule has 14 nitrogen and oxygen atoms in total. The second-order valence-corrected chi connectivity index (χ2v) is 13.3. The Morgan fingerprint density at radius 3 is 2.62 bits per heavy atom. The summed E-state index contributed by atoms with van der Waals surface area (Å²) in [4.78, 5) is 28.1. The van der Waals surface area contributed by atoms with Crippen molar-refractivity contribution >= 4 is 21.9 Å². The van der Waals surface area contributed by atoms with E-state index in [1.54, 1.807) is 13.0 Å². The van der Waals surface area contributed by atoms with Crippen molar-refractivity contribution in [3.8, 4) is 17.2 Å². The second-order valence-electron chi connectivity index (χ2n) is 13.3. The van der Waals surface area contributed by atoms with Crippen molar-refractivity contribution in [3.05, 3.63) is 88.2 Å². The first-order valence-corrected chi connectivity index (χ1v) is 16.4. The first kappa shape index (κ1) is 35.6. The molecule has 14 heteroatoms. The number of aromatic nitrogens is 2. The highest BCUT2D eigenvalue weighted by Crippen LogP contribution is 2.44. The van der Waals surface area contributed by atoms with E-state index in [1.165, 1.54) is 30.3 Å². The van der Waals surface area contributed by atoms with Gasteiger partial charge in [-0.05, 0) is 57.3 Å². The molecule has 2 aromatic carbocycles. The van der Waals surface area contributed by atoms with Gasteiger partial charge in [-0.1, -0.05) is 12.1 Å². The van der Waals surface area contributed by atoms with E-state index < -0.39 is 48.8 Å². The van der Waals surface area contributed by atoms with Crippen LogP contribution in [0.15, 0.2) is 70.3 Å². The summed E-state index contributed by atoms with van der Waals surface area (Å²) < 4.78 is 14.9. The number of fused-ring (bicyclic) bond motifs is 3. The molecule has 4 heterocycles. The Hall–Kier alpha value is -4.25. The van der Waals surface area contributed by atoms with Gasteiger partial charge >= 0.3 is 0 Å². The van der Waals surface area contributed by atoms with Crippen LogP contribution in [0, 0.1) is 6.92 Å². The van der Waals surface area contributed by atoms with Crippen LogP contribution >= 0.6 is 0 Å². The van der Waals surface area contributed by atoms with E-state index in [2.05, 4.69) is 10.3 Å². The first-order valence-electron chi connectivity index (χ1n) is 16.4. The molecule has 1 aliphatic heterocycles. The Labute approximate surface area is 287 Å². The Morgan fingerprint density at radius 2 is 1.92 bits per heavy atom. The number of hydrogen-bond acceptors (Lipinski definition) is 12. The molecule has 0 spiro atoms. The number of aromatic hydroxyl groups is 1. The maximum Gasteiger partial charge on any atom is 0.193 e. The monoisotopic (exact) mass is 693 g/mol. The van der Waals surface area contributed by atoms with Gasteiger partial charge in [0, 0.05) is 54.9 Å². The predicted octanol–water partition coefficient (Wildman–Crippen LogP) is 1.75. The zero-order valence-electron chi connectivity index (χ0n) is 28.0. The fourth-order valence-electron chi connectivity index (χ4n) is 6.50. The number of H-pyrrole nitrogens is 1. The Kier molecular flexibility index (Phi) is 10.1. The molecule has 6 atom stereocenters. The summed E-state index contributed by atoms with van der Waals surface area (Å²) >= 11 is 0. The van der Waals surface area contributed by atoms with Gasteiger partial charge in [-0.2, -0.15) is 0 Å². The number of phenolic OH excluding ortho intramolecular Hbond substituents is 1. The summed E-state index contributed by atoms with van der Waals surface area (Å²) in [6, 6.07) is 10.9. The number of rotatable bonds is 14. The van der Waals surface area contributed by atoms with Gasteiger partial charge in [-0.25, -0.2) is 9.78 Å². The molecular weight excluding hydrogens is 650 g/mol. The zero-order chi connectivity index (χ0) is 35.8. The normalized spacial score (nSPS) is 20.7. The van der Waals surface area contributed by atoms with Crippen molar-refractivity contribution < 1.29 is 49.6 Å².